The summed E-state index contributed by atoms with van der Waals surface area (Å²) in [4.78, 5) is 48.2. The Labute approximate surface area is 160 Å². The quantitative estimate of drug-likeness (QED) is 0.453. The second kappa shape index (κ2) is 8.20. The lowest BCUT2D eigenvalue weighted by molar-refractivity contribution is -0.147. The van der Waals surface area contributed by atoms with Crippen molar-refractivity contribution in [2.24, 2.45) is 0 Å². The van der Waals surface area contributed by atoms with Gasteiger partial charge in [0.05, 0.1) is 0 Å². The topological polar surface area (TPSA) is 105 Å². The summed E-state index contributed by atoms with van der Waals surface area (Å²) in [6.45, 7) is -0.656. The third-order valence-corrected chi connectivity index (χ3v) is 4.73. The van der Waals surface area contributed by atoms with E-state index in [9.17, 15) is 23.6 Å². The van der Waals surface area contributed by atoms with Gasteiger partial charge in [0, 0.05) is 6.08 Å². The molecule has 0 radical (unpaired) electrons. The standard InChI is InChI=1S/C19H20FN3O5/c20-14-7-4-13(5-8-14)6-9-16(25)28-12-15(24)22-23-17(26)19(21-18(23)27)10-2-1-3-11-19/h4-9H,1-3,10-12H2,(H,21,27)(H,22,24)/b9-6+. The van der Waals surface area contributed by atoms with E-state index in [2.05, 4.69) is 10.7 Å². The lowest BCUT2D eigenvalue weighted by Crippen LogP contribution is -2.51. The average Bonchev–Trinajstić information content (AvgIpc) is 2.90. The maximum atomic E-state index is 12.8. The van der Waals surface area contributed by atoms with Crippen molar-refractivity contribution in [3.05, 3.63) is 41.7 Å². The second-order valence-corrected chi connectivity index (χ2v) is 6.74. The van der Waals surface area contributed by atoms with Crippen LogP contribution in [0.15, 0.2) is 30.3 Å². The molecule has 1 aromatic rings. The molecule has 2 fully saturated rings. The number of hydrazine groups is 1. The van der Waals surface area contributed by atoms with Crippen molar-refractivity contribution in [2.75, 3.05) is 6.61 Å². The van der Waals surface area contributed by atoms with Gasteiger partial charge in [0.25, 0.3) is 11.8 Å². The first kappa shape index (κ1) is 19.5. The highest BCUT2D eigenvalue weighted by Crippen LogP contribution is 2.32. The predicted octanol–water partition coefficient (Wildman–Crippen LogP) is 1.67. The Kier molecular flexibility index (Phi) is 5.72. The van der Waals surface area contributed by atoms with Crippen LogP contribution in [0.5, 0.6) is 0 Å². The highest BCUT2D eigenvalue weighted by Gasteiger charge is 2.52. The van der Waals surface area contributed by atoms with Crippen molar-refractivity contribution < 1.29 is 28.3 Å². The van der Waals surface area contributed by atoms with E-state index in [1.54, 1.807) is 0 Å². The number of rotatable bonds is 5. The zero-order valence-corrected chi connectivity index (χ0v) is 15.1. The minimum absolute atomic E-state index is 0.396. The van der Waals surface area contributed by atoms with Gasteiger partial charge in [-0.15, -0.1) is 0 Å². The summed E-state index contributed by atoms with van der Waals surface area (Å²) in [5.41, 5.74) is 1.81. The predicted molar refractivity (Wildman–Crippen MR) is 95.7 cm³/mol. The van der Waals surface area contributed by atoms with Gasteiger partial charge < -0.3 is 10.1 Å². The van der Waals surface area contributed by atoms with Crippen molar-refractivity contribution >= 4 is 29.9 Å². The Balaban J connectivity index is 1.48. The van der Waals surface area contributed by atoms with Gasteiger partial charge >= 0.3 is 12.0 Å². The molecule has 2 aliphatic rings. The summed E-state index contributed by atoms with van der Waals surface area (Å²) >= 11 is 0. The largest absolute Gasteiger partial charge is 0.452 e. The number of carbonyl (C=O) groups is 4. The molecule has 28 heavy (non-hydrogen) atoms. The van der Waals surface area contributed by atoms with Crippen LogP contribution in [0.4, 0.5) is 9.18 Å². The minimum atomic E-state index is -0.947. The van der Waals surface area contributed by atoms with Crippen LogP contribution >= 0.6 is 0 Å². The molecular formula is C19H20FN3O5. The lowest BCUT2D eigenvalue weighted by Gasteiger charge is -2.30. The summed E-state index contributed by atoms with van der Waals surface area (Å²) in [5.74, 6) is -2.49. The first-order valence-electron chi connectivity index (χ1n) is 8.96. The Bertz CT molecular complexity index is 815. The number of halogens is 1. The Morgan fingerprint density at radius 1 is 1.18 bits per heavy atom. The Hall–Kier alpha value is -3.23. The van der Waals surface area contributed by atoms with E-state index in [1.807, 2.05) is 0 Å². The van der Waals surface area contributed by atoms with Gasteiger partial charge in [0.1, 0.15) is 11.4 Å². The number of esters is 1. The summed E-state index contributed by atoms with van der Waals surface area (Å²) in [6.07, 6.45) is 6.21. The Morgan fingerprint density at radius 3 is 2.54 bits per heavy atom. The van der Waals surface area contributed by atoms with Gasteiger partial charge in [0.15, 0.2) is 6.61 Å². The van der Waals surface area contributed by atoms with Crippen molar-refractivity contribution in [2.45, 2.75) is 37.6 Å². The van der Waals surface area contributed by atoms with Crippen LogP contribution in [-0.2, 0) is 19.1 Å². The fraction of sp³-hybridized carbons (Fsp3) is 0.368. The molecule has 0 unspecified atom stereocenters. The van der Waals surface area contributed by atoms with Gasteiger partial charge in [-0.3, -0.25) is 15.0 Å². The first-order chi connectivity index (χ1) is 13.4. The Morgan fingerprint density at radius 2 is 1.86 bits per heavy atom. The molecule has 9 heteroatoms. The van der Waals surface area contributed by atoms with Crippen LogP contribution in [0.2, 0.25) is 0 Å². The van der Waals surface area contributed by atoms with Crippen molar-refractivity contribution in [3.8, 4) is 0 Å². The van der Waals surface area contributed by atoms with Gasteiger partial charge in [-0.25, -0.2) is 14.0 Å². The number of imide groups is 1. The van der Waals surface area contributed by atoms with Crippen molar-refractivity contribution in [3.63, 3.8) is 0 Å². The molecule has 1 spiro atoms. The molecule has 3 rings (SSSR count). The number of nitrogens with zero attached hydrogens (tertiary/aromatic N) is 1. The van der Waals surface area contributed by atoms with E-state index in [0.717, 1.165) is 25.3 Å². The highest BCUT2D eigenvalue weighted by molar-refractivity contribution is 6.08. The van der Waals surface area contributed by atoms with Gasteiger partial charge in [-0.1, -0.05) is 31.4 Å². The molecule has 8 nitrogen and oxygen atoms in total. The summed E-state index contributed by atoms with van der Waals surface area (Å²) in [7, 11) is 0. The normalized spacial score (nSPS) is 18.4. The zero-order valence-electron chi connectivity index (χ0n) is 15.1. The number of benzene rings is 1. The maximum absolute atomic E-state index is 12.8. The summed E-state index contributed by atoms with van der Waals surface area (Å²) < 4.78 is 17.6. The molecule has 1 aliphatic carbocycles. The number of ether oxygens (including phenoxy) is 1. The van der Waals surface area contributed by atoms with E-state index >= 15 is 0 Å². The van der Waals surface area contributed by atoms with Crippen LogP contribution in [0.25, 0.3) is 6.08 Å². The van der Waals surface area contributed by atoms with Gasteiger partial charge in [0.2, 0.25) is 0 Å². The summed E-state index contributed by atoms with van der Waals surface area (Å²) in [6, 6.07) is 4.75. The first-order valence-corrected chi connectivity index (χ1v) is 8.96. The van der Waals surface area contributed by atoms with Crippen LogP contribution in [-0.4, -0.2) is 41.0 Å². The molecule has 4 amide bonds. The van der Waals surface area contributed by atoms with E-state index in [1.165, 1.54) is 30.3 Å². The zero-order chi connectivity index (χ0) is 20.1. The number of nitrogens with one attached hydrogen (secondary N) is 2. The SMILES string of the molecule is O=C(COC(=O)/C=C/c1ccc(F)cc1)NN1C(=O)NC2(CCCCC2)C1=O. The van der Waals surface area contributed by atoms with E-state index < -0.39 is 41.8 Å². The smallest absolute Gasteiger partial charge is 0.344 e. The summed E-state index contributed by atoms with van der Waals surface area (Å²) in [5, 5.41) is 3.31. The molecular weight excluding hydrogens is 369 g/mol. The third kappa shape index (κ3) is 4.36. The van der Waals surface area contributed by atoms with Crippen LogP contribution in [0.1, 0.15) is 37.7 Å². The average molecular weight is 389 g/mol. The highest BCUT2D eigenvalue weighted by atomic mass is 19.1. The molecule has 0 atom stereocenters. The lowest BCUT2D eigenvalue weighted by atomic mass is 9.82. The fourth-order valence-electron chi connectivity index (χ4n) is 3.30. The maximum Gasteiger partial charge on any atom is 0.344 e. The van der Waals surface area contributed by atoms with Crippen LogP contribution in [0.3, 0.4) is 0 Å². The van der Waals surface area contributed by atoms with Crippen LogP contribution in [0, 0.1) is 5.82 Å². The van der Waals surface area contributed by atoms with E-state index in [0.29, 0.717) is 23.4 Å². The molecule has 2 N–H and O–H groups in total. The number of urea groups is 1. The molecule has 1 aliphatic heterocycles. The number of hydrogen-bond acceptors (Lipinski definition) is 5. The molecule has 1 heterocycles. The van der Waals surface area contributed by atoms with E-state index in [-0.39, 0.29) is 0 Å². The number of amides is 4. The van der Waals surface area contributed by atoms with E-state index in [4.69, 9.17) is 4.74 Å². The molecule has 0 bridgehead atoms. The molecule has 148 valence electrons. The van der Waals surface area contributed by atoms with Crippen molar-refractivity contribution in [1.82, 2.24) is 15.8 Å². The number of carbonyl (C=O) groups excluding carboxylic acids is 4. The molecule has 1 saturated carbocycles. The monoisotopic (exact) mass is 389 g/mol. The van der Waals surface area contributed by atoms with Gasteiger partial charge in [-0.2, -0.15) is 5.01 Å². The molecule has 0 aromatic heterocycles. The number of hydrogen-bond donors (Lipinski definition) is 2. The third-order valence-electron chi connectivity index (χ3n) is 4.73. The molecule has 1 saturated heterocycles. The molecule has 1 aromatic carbocycles. The minimum Gasteiger partial charge on any atom is -0.452 e. The van der Waals surface area contributed by atoms with Gasteiger partial charge in [-0.05, 0) is 36.6 Å². The van der Waals surface area contributed by atoms with Crippen LogP contribution < -0.4 is 10.7 Å². The fourth-order valence-corrected chi connectivity index (χ4v) is 3.30. The van der Waals surface area contributed by atoms with Crippen molar-refractivity contribution in [1.29, 1.82) is 0 Å². The second-order valence-electron chi connectivity index (χ2n) is 6.74.